The molecule has 1 saturated heterocycles. The molecule has 26 heavy (non-hydrogen) atoms. The molecule has 0 bridgehead atoms. The van der Waals surface area contributed by atoms with Gasteiger partial charge in [0.05, 0.1) is 12.3 Å². The Morgan fingerprint density at radius 3 is 2.58 bits per heavy atom. The number of thioether (sulfide) groups is 1. The quantitative estimate of drug-likeness (QED) is 0.635. The van der Waals surface area contributed by atoms with Crippen molar-refractivity contribution in [1.82, 2.24) is 4.90 Å². The van der Waals surface area contributed by atoms with Gasteiger partial charge in [-0.15, -0.1) is 0 Å². The van der Waals surface area contributed by atoms with E-state index < -0.39 is 0 Å². The fourth-order valence-corrected chi connectivity index (χ4v) is 3.81. The van der Waals surface area contributed by atoms with Crippen LogP contribution in [0.1, 0.15) is 26.7 Å². The lowest BCUT2D eigenvalue weighted by atomic mass is 9.82. The van der Waals surface area contributed by atoms with Crippen LogP contribution >= 0.6 is 23.4 Å². The van der Waals surface area contributed by atoms with E-state index in [0.717, 1.165) is 29.3 Å². The molecule has 0 radical (unpaired) electrons. The Hall–Kier alpha value is -1.72. The molecule has 0 spiro atoms. The van der Waals surface area contributed by atoms with Crippen LogP contribution < -0.4 is 0 Å². The molecule has 1 amide bonds. The Labute approximate surface area is 163 Å². The summed E-state index contributed by atoms with van der Waals surface area (Å²) in [5.41, 5.74) is 0.728. The highest BCUT2D eigenvalue weighted by atomic mass is 35.5. The molecule has 138 valence electrons. The van der Waals surface area contributed by atoms with Crippen molar-refractivity contribution >= 4 is 51.1 Å². The largest absolute Gasteiger partial charge is 0.464 e. The van der Waals surface area contributed by atoms with Crippen LogP contribution in [0.2, 0.25) is 5.02 Å². The molecule has 4 nitrogen and oxygen atoms in total. The summed E-state index contributed by atoms with van der Waals surface area (Å²) in [5.74, 6) is 0. The van der Waals surface area contributed by atoms with Gasteiger partial charge in [-0.1, -0.05) is 61.5 Å². The number of hydrogen-bond acceptors (Lipinski definition) is 4. The third-order valence-corrected chi connectivity index (χ3v) is 6.09. The summed E-state index contributed by atoms with van der Waals surface area (Å²) < 4.78 is 6.00. The first-order chi connectivity index (χ1) is 12.5. The van der Waals surface area contributed by atoms with Crippen molar-refractivity contribution < 1.29 is 9.53 Å². The first-order valence-corrected chi connectivity index (χ1v) is 10.4. The zero-order valence-corrected chi connectivity index (χ0v) is 16.9. The summed E-state index contributed by atoms with van der Waals surface area (Å²) in [4.78, 5) is 18.9. The first-order valence-electron chi connectivity index (χ1n) is 8.78. The summed E-state index contributed by atoms with van der Waals surface area (Å²) in [6, 6.07) is 11.9. The Morgan fingerprint density at radius 1 is 1.23 bits per heavy atom. The third-order valence-electron chi connectivity index (χ3n) is 5.19. The number of hydrogen-bond donors (Lipinski definition) is 0. The molecule has 0 aromatic heterocycles. The van der Waals surface area contributed by atoms with Crippen LogP contribution in [0.3, 0.4) is 0 Å². The molecule has 2 aromatic rings. The molecule has 1 heterocycles. The number of carbonyl (C=O) groups is 1. The van der Waals surface area contributed by atoms with Crippen molar-refractivity contribution in [2.45, 2.75) is 26.7 Å². The van der Waals surface area contributed by atoms with Crippen molar-refractivity contribution in [2.24, 2.45) is 10.4 Å². The maximum Gasteiger partial charge on any atom is 0.300 e. The first kappa shape index (κ1) is 19.1. The average molecular weight is 391 g/mol. The maximum atomic E-state index is 12.5. The van der Waals surface area contributed by atoms with E-state index in [1.165, 1.54) is 11.8 Å². The maximum absolute atomic E-state index is 12.5. The highest BCUT2D eigenvalue weighted by Gasteiger charge is 2.39. The number of amidine groups is 1. The van der Waals surface area contributed by atoms with Gasteiger partial charge in [0, 0.05) is 27.8 Å². The smallest absolute Gasteiger partial charge is 0.300 e. The molecule has 0 atom stereocenters. The normalized spacial score (nSPS) is 18.2. The lowest BCUT2D eigenvalue weighted by molar-refractivity contribution is 0.0509. The molecule has 0 aliphatic carbocycles. The summed E-state index contributed by atoms with van der Waals surface area (Å²) in [6.07, 6.45) is 3.70. The molecule has 3 rings (SSSR count). The van der Waals surface area contributed by atoms with E-state index in [9.17, 15) is 4.79 Å². The molecule has 2 aromatic carbocycles. The van der Waals surface area contributed by atoms with Crippen LogP contribution in [0.5, 0.6) is 0 Å². The van der Waals surface area contributed by atoms with Crippen molar-refractivity contribution in [3.63, 3.8) is 0 Å². The Kier molecular flexibility index (Phi) is 5.78. The number of halogens is 1. The molecule has 0 N–H and O–H groups in total. The molecule has 1 aliphatic rings. The number of nitrogens with zero attached hydrogens (tertiary/aromatic N) is 2. The van der Waals surface area contributed by atoms with Gasteiger partial charge in [-0.2, -0.15) is 4.99 Å². The van der Waals surface area contributed by atoms with E-state index in [0.29, 0.717) is 24.2 Å². The molecular weight excluding hydrogens is 368 g/mol. The summed E-state index contributed by atoms with van der Waals surface area (Å²) in [5, 5.41) is 2.51. The monoisotopic (exact) mass is 390 g/mol. The van der Waals surface area contributed by atoms with Crippen LogP contribution in [0.4, 0.5) is 10.5 Å². The van der Waals surface area contributed by atoms with Crippen LogP contribution in [0.25, 0.3) is 10.8 Å². The molecule has 0 unspecified atom stereocenters. The van der Waals surface area contributed by atoms with Crippen molar-refractivity contribution in [2.75, 3.05) is 19.4 Å². The number of fused-ring (bicyclic) bond motifs is 1. The van der Waals surface area contributed by atoms with Gasteiger partial charge in [-0.25, -0.2) is 0 Å². The molecule has 1 aliphatic heterocycles. The lowest BCUT2D eigenvalue weighted by Crippen LogP contribution is -2.51. The van der Waals surface area contributed by atoms with Gasteiger partial charge >= 0.3 is 0 Å². The number of rotatable bonds is 3. The lowest BCUT2D eigenvalue weighted by Gasteiger charge is -2.41. The van der Waals surface area contributed by atoms with Crippen molar-refractivity contribution in [1.29, 1.82) is 0 Å². The van der Waals surface area contributed by atoms with Gasteiger partial charge in [-0.3, -0.25) is 9.69 Å². The van der Waals surface area contributed by atoms with Gasteiger partial charge in [0.25, 0.3) is 11.3 Å². The zero-order valence-electron chi connectivity index (χ0n) is 15.3. The number of benzene rings is 2. The Balaban J connectivity index is 2.04. The van der Waals surface area contributed by atoms with E-state index in [1.807, 2.05) is 36.4 Å². The van der Waals surface area contributed by atoms with Crippen LogP contribution in [-0.4, -0.2) is 35.6 Å². The number of amides is 1. The number of carbonyl (C=O) groups excluding carboxylic acids is 1. The number of ether oxygens (including phenoxy) is 1. The molecule has 1 fully saturated rings. The SMILES string of the molecule is CCC1(CC)COC(=Nc2ccc(Cl)c3ccccc23)N(C(=O)SC)C1. The highest BCUT2D eigenvalue weighted by Crippen LogP contribution is 2.36. The minimum absolute atomic E-state index is 0.0214. The van der Waals surface area contributed by atoms with E-state index in [1.54, 1.807) is 11.2 Å². The zero-order chi connectivity index (χ0) is 18.7. The fraction of sp³-hybridized carbons (Fsp3) is 0.400. The van der Waals surface area contributed by atoms with E-state index in [2.05, 4.69) is 13.8 Å². The van der Waals surface area contributed by atoms with Gasteiger partial charge in [0.15, 0.2) is 0 Å². The predicted molar refractivity (Wildman–Crippen MR) is 111 cm³/mol. The number of aliphatic imine (C=N–C) groups is 1. The second-order valence-corrected chi connectivity index (χ2v) is 7.72. The van der Waals surface area contributed by atoms with Crippen LogP contribution in [0.15, 0.2) is 41.4 Å². The minimum atomic E-state index is -0.0482. The average Bonchev–Trinajstić information content (AvgIpc) is 2.70. The Bertz CT molecular complexity index is 849. The second kappa shape index (κ2) is 7.89. The van der Waals surface area contributed by atoms with Gasteiger partial charge < -0.3 is 4.74 Å². The predicted octanol–water partition coefficient (Wildman–Crippen LogP) is 6.10. The minimum Gasteiger partial charge on any atom is -0.464 e. The molecule has 6 heteroatoms. The Morgan fingerprint density at radius 2 is 1.92 bits per heavy atom. The third kappa shape index (κ3) is 3.55. The summed E-state index contributed by atoms with van der Waals surface area (Å²) >= 11 is 7.48. The highest BCUT2D eigenvalue weighted by molar-refractivity contribution is 8.12. The molecule has 0 saturated carbocycles. The summed E-state index contributed by atoms with van der Waals surface area (Å²) in [6.45, 7) is 5.49. The standard InChI is InChI=1S/C20H23ClN2O2S/c1-4-20(5-2)12-23(19(24)26-3)18(25-13-20)22-17-11-10-16(21)14-8-6-7-9-15(14)17/h6-11H,4-5,12-13H2,1-3H3. The van der Waals surface area contributed by atoms with E-state index in [4.69, 9.17) is 21.3 Å². The fourth-order valence-electron chi connectivity index (χ4n) is 3.21. The van der Waals surface area contributed by atoms with Crippen molar-refractivity contribution in [3.05, 3.63) is 41.4 Å². The van der Waals surface area contributed by atoms with E-state index >= 15 is 0 Å². The van der Waals surface area contributed by atoms with Gasteiger partial charge in [0.2, 0.25) is 0 Å². The summed E-state index contributed by atoms with van der Waals surface area (Å²) in [7, 11) is 0. The van der Waals surface area contributed by atoms with Gasteiger partial charge in [0.1, 0.15) is 0 Å². The van der Waals surface area contributed by atoms with Crippen LogP contribution in [0, 0.1) is 5.41 Å². The van der Waals surface area contributed by atoms with Gasteiger partial charge in [-0.05, 0) is 31.2 Å². The topological polar surface area (TPSA) is 41.9 Å². The second-order valence-electron chi connectivity index (χ2n) is 6.56. The van der Waals surface area contributed by atoms with E-state index in [-0.39, 0.29) is 10.7 Å². The van der Waals surface area contributed by atoms with Crippen LogP contribution in [-0.2, 0) is 4.74 Å². The van der Waals surface area contributed by atoms with Crippen molar-refractivity contribution in [3.8, 4) is 0 Å². The molecular formula is C20H23ClN2O2S.